The van der Waals surface area contributed by atoms with Crippen LogP contribution in [0.1, 0.15) is 0 Å². The van der Waals surface area contributed by atoms with Gasteiger partial charge in [-0.05, 0) is 18.2 Å². The molecule has 0 saturated heterocycles. The quantitative estimate of drug-likeness (QED) is 0.666. The Labute approximate surface area is 135 Å². The fraction of sp³-hybridized carbons (Fsp3) is 0.0714. The predicted molar refractivity (Wildman–Crippen MR) is 79.8 cm³/mol. The highest BCUT2D eigenvalue weighted by Crippen LogP contribution is 2.47. The standard InChI is InChI=1S/C14H7BrF3N3O2/c15-5-1-2-7(6(16)3-5)21-12-9(18)8(17)10-13(23-4-19-10)11(12)20-14(21)22/h1-4,14,20,22H. The van der Waals surface area contributed by atoms with Crippen LogP contribution in [0.3, 0.4) is 0 Å². The molecule has 0 aliphatic carbocycles. The fourth-order valence-corrected chi connectivity index (χ4v) is 2.94. The first-order chi connectivity index (χ1) is 11.0. The molecule has 1 unspecified atom stereocenters. The topological polar surface area (TPSA) is 61.5 Å². The Bertz CT molecular complexity index is 947. The molecule has 1 aliphatic heterocycles. The van der Waals surface area contributed by atoms with Gasteiger partial charge < -0.3 is 14.8 Å². The van der Waals surface area contributed by atoms with E-state index in [0.29, 0.717) is 4.47 Å². The molecule has 9 heteroatoms. The van der Waals surface area contributed by atoms with E-state index in [1.54, 1.807) is 0 Å². The van der Waals surface area contributed by atoms with Crippen molar-refractivity contribution in [3.8, 4) is 0 Å². The third-order valence-electron chi connectivity index (χ3n) is 3.57. The number of hydrogen-bond acceptors (Lipinski definition) is 5. The molecule has 4 rings (SSSR count). The van der Waals surface area contributed by atoms with Crippen molar-refractivity contribution in [2.24, 2.45) is 0 Å². The predicted octanol–water partition coefficient (Wildman–Crippen LogP) is 3.85. The molecule has 2 N–H and O–H groups in total. The van der Waals surface area contributed by atoms with Crippen LogP contribution < -0.4 is 10.2 Å². The second kappa shape index (κ2) is 4.87. The number of halogens is 4. The number of hydrogen-bond donors (Lipinski definition) is 2. The van der Waals surface area contributed by atoms with Crippen LogP contribution in [0.25, 0.3) is 11.1 Å². The Balaban J connectivity index is 2.01. The number of oxazole rings is 1. The molecule has 5 nitrogen and oxygen atoms in total. The number of nitrogens with one attached hydrogen (secondary N) is 1. The zero-order valence-electron chi connectivity index (χ0n) is 11.1. The van der Waals surface area contributed by atoms with Crippen molar-refractivity contribution in [2.45, 2.75) is 6.35 Å². The van der Waals surface area contributed by atoms with Gasteiger partial charge in [0.05, 0.1) is 5.69 Å². The minimum atomic E-state index is -1.50. The van der Waals surface area contributed by atoms with Gasteiger partial charge in [0, 0.05) is 4.47 Å². The van der Waals surface area contributed by atoms with Crippen LogP contribution in [0.2, 0.25) is 0 Å². The first kappa shape index (κ1) is 14.3. The van der Waals surface area contributed by atoms with E-state index in [9.17, 15) is 18.3 Å². The minimum Gasteiger partial charge on any atom is -0.441 e. The van der Waals surface area contributed by atoms with Crippen molar-refractivity contribution in [2.75, 3.05) is 10.2 Å². The van der Waals surface area contributed by atoms with E-state index >= 15 is 0 Å². The maximum absolute atomic E-state index is 14.4. The van der Waals surface area contributed by atoms with Crippen molar-refractivity contribution < 1.29 is 22.7 Å². The van der Waals surface area contributed by atoms with E-state index in [1.165, 1.54) is 12.1 Å². The molecule has 0 bridgehead atoms. The second-order valence-corrected chi connectivity index (χ2v) is 5.78. The maximum Gasteiger partial charge on any atom is 0.210 e. The Morgan fingerprint density at radius 2 is 2.04 bits per heavy atom. The van der Waals surface area contributed by atoms with Gasteiger partial charge >= 0.3 is 0 Å². The van der Waals surface area contributed by atoms with Gasteiger partial charge in [-0.15, -0.1) is 0 Å². The van der Waals surface area contributed by atoms with Gasteiger partial charge in [0.15, 0.2) is 29.1 Å². The Hall–Kier alpha value is -2.26. The van der Waals surface area contributed by atoms with Crippen LogP contribution in [0.5, 0.6) is 0 Å². The molecule has 118 valence electrons. The van der Waals surface area contributed by atoms with Crippen molar-refractivity contribution in [1.29, 1.82) is 0 Å². The first-order valence-corrected chi connectivity index (χ1v) is 7.21. The summed E-state index contributed by atoms with van der Waals surface area (Å²) in [7, 11) is 0. The summed E-state index contributed by atoms with van der Waals surface area (Å²) in [6.07, 6.45) is -0.532. The lowest BCUT2D eigenvalue weighted by Gasteiger charge is -2.23. The summed E-state index contributed by atoms with van der Waals surface area (Å²) in [6, 6.07) is 4.01. The minimum absolute atomic E-state index is 0.00576. The highest BCUT2D eigenvalue weighted by molar-refractivity contribution is 9.10. The molecule has 2 aromatic carbocycles. The second-order valence-electron chi connectivity index (χ2n) is 4.87. The average molecular weight is 386 g/mol. The number of rotatable bonds is 1. The van der Waals surface area contributed by atoms with Crippen molar-refractivity contribution >= 4 is 44.1 Å². The van der Waals surface area contributed by atoms with Gasteiger partial charge in [0.1, 0.15) is 17.2 Å². The van der Waals surface area contributed by atoms with Crippen molar-refractivity contribution in [1.82, 2.24) is 4.98 Å². The zero-order chi connectivity index (χ0) is 16.3. The number of fused-ring (bicyclic) bond motifs is 3. The summed E-state index contributed by atoms with van der Waals surface area (Å²) in [4.78, 5) is 4.52. The zero-order valence-corrected chi connectivity index (χ0v) is 12.7. The number of benzene rings is 2. The molecule has 0 fully saturated rings. The highest BCUT2D eigenvalue weighted by Gasteiger charge is 2.38. The van der Waals surface area contributed by atoms with E-state index in [0.717, 1.165) is 17.4 Å². The summed E-state index contributed by atoms with van der Waals surface area (Å²) in [5, 5.41) is 12.7. The molecule has 23 heavy (non-hydrogen) atoms. The van der Waals surface area contributed by atoms with Crippen molar-refractivity contribution in [3.63, 3.8) is 0 Å². The van der Waals surface area contributed by atoms with Gasteiger partial charge in [0.2, 0.25) is 6.35 Å². The number of aliphatic hydroxyl groups is 1. The van der Waals surface area contributed by atoms with E-state index in [1.807, 2.05) is 0 Å². The molecule has 1 atom stereocenters. The van der Waals surface area contributed by atoms with E-state index in [-0.39, 0.29) is 28.2 Å². The van der Waals surface area contributed by atoms with Gasteiger partial charge in [0.25, 0.3) is 0 Å². The average Bonchev–Trinajstić information content (AvgIpc) is 3.10. The molecule has 1 aliphatic rings. The fourth-order valence-electron chi connectivity index (χ4n) is 2.61. The first-order valence-electron chi connectivity index (χ1n) is 6.42. The molecular weight excluding hydrogens is 379 g/mol. The molecule has 3 aromatic rings. The van der Waals surface area contributed by atoms with E-state index in [4.69, 9.17) is 4.42 Å². The Morgan fingerprint density at radius 1 is 1.26 bits per heavy atom. The molecule has 2 heterocycles. The lowest BCUT2D eigenvalue weighted by molar-refractivity contribution is 0.215. The SMILES string of the molecule is OC1Nc2c(c(F)c(F)c3ncoc23)N1c1ccc(Br)cc1F. The lowest BCUT2D eigenvalue weighted by Crippen LogP contribution is -2.32. The third kappa shape index (κ3) is 1.93. The Morgan fingerprint density at radius 3 is 2.78 bits per heavy atom. The van der Waals surface area contributed by atoms with Crippen LogP contribution in [-0.2, 0) is 0 Å². The largest absolute Gasteiger partial charge is 0.441 e. The number of anilines is 3. The van der Waals surface area contributed by atoms with Gasteiger partial charge in [-0.1, -0.05) is 15.9 Å². The van der Waals surface area contributed by atoms with E-state index in [2.05, 4.69) is 26.2 Å². The normalized spacial score (nSPS) is 16.7. The van der Waals surface area contributed by atoms with Crippen LogP contribution in [0.4, 0.5) is 30.2 Å². The highest BCUT2D eigenvalue weighted by atomic mass is 79.9. The summed E-state index contributed by atoms with van der Waals surface area (Å²) in [5.41, 5.74) is -0.826. The molecule has 0 spiro atoms. The van der Waals surface area contributed by atoms with Gasteiger partial charge in [-0.25, -0.2) is 18.2 Å². The Kier molecular flexibility index (Phi) is 3.03. The molecule has 1 aromatic heterocycles. The summed E-state index contributed by atoms with van der Waals surface area (Å²) in [5.74, 6) is -3.20. The molecule has 0 radical (unpaired) electrons. The van der Waals surface area contributed by atoms with Crippen LogP contribution in [0.15, 0.2) is 33.5 Å². The number of nitrogens with zero attached hydrogens (tertiary/aromatic N) is 2. The number of aromatic nitrogens is 1. The van der Waals surface area contributed by atoms with Gasteiger partial charge in [-0.3, -0.25) is 4.90 Å². The number of aliphatic hydroxyl groups excluding tert-OH is 1. The van der Waals surface area contributed by atoms with E-state index < -0.39 is 23.8 Å². The molecule has 0 amide bonds. The van der Waals surface area contributed by atoms with Crippen molar-refractivity contribution in [3.05, 3.63) is 46.5 Å². The maximum atomic E-state index is 14.4. The molecular formula is C14H7BrF3N3O2. The van der Waals surface area contributed by atoms with Gasteiger partial charge in [-0.2, -0.15) is 0 Å². The smallest absolute Gasteiger partial charge is 0.210 e. The lowest BCUT2D eigenvalue weighted by atomic mass is 10.2. The molecule has 0 saturated carbocycles. The van der Waals surface area contributed by atoms with Crippen LogP contribution in [0, 0.1) is 17.5 Å². The van der Waals surface area contributed by atoms with Crippen LogP contribution in [-0.4, -0.2) is 16.4 Å². The third-order valence-corrected chi connectivity index (χ3v) is 4.06. The monoisotopic (exact) mass is 385 g/mol. The summed E-state index contributed by atoms with van der Waals surface area (Å²) < 4.78 is 48.3. The summed E-state index contributed by atoms with van der Waals surface area (Å²) >= 11 is 3.11. The summed E-state index contributed by atoms with van der Waals surface area (Å²) in [6.45, 7) is 0. The van der Waals surface area contributed by atoms with Crippen LogP contribution >= 0.6 is 15.9 Å².